The summed E-state index contributed by atoms with van der Waals surface area (Å²) in [6.07, 6.45) is 1.20. The van der Waals surface area contributed by atoms with Crippen molar-refractivity contribution < 1.29 is 22.5 Å². The molecule has 0 N–H and O–H groups in total. The fraction of sp³-hybridized carbons (Fsp3) is 0.250. The van der Waals surface area contributed by atoms with Crippen molar-refractivity contribution in [2.75, 3.05) is 14.1 Å². The van der Waals surface area contributed by atoms with Crippen LogP contribution >= 0.6 is 15.9 Å². The van der Waals surface area contributed by atoms with Gasteiger partial charge in [0.05, 0.1) is 22.3 Å². The number of aromatic nitrogens is 1. The molecule has 5 heteroatoms. The molecule has 0 saturated heterocycles. The lowest BCUT2D eigenvalue weighted by molar-refractivity contribution is 0.0596. The third kappa shape index (κ3) is 2.18. The number of carbonyl (C=O) groups excluding carboxylic acids is 1. The molecule has 0 spiro atoms. The van der Waals surface area contributed by atoms with Crippen molar-refractivity contribution in [1.29, 1.82) is 0 Å². The first-order chi connectivity index (χ1) is 8.48. The van der Waals surface area contributed by atoms with Crippen molar-refractivity contribution in [3.05, 3.63) is 22.3 Å². The highest BCUT2D eigenvalue weighted by Gasteiger charge is 2.13. The van der Waals surface area contributed by atoms with Gasteiger partial charge < -0.3 is 9.47 Å². The Balaban J connectivity index is 3.10. The van der Waals surface area contributed by atoms with Crippen LogP contribution < -0.4 is 4.74 Å². The van der Waals surface area contributed by atoms with Gasteiger partial charge in [-0.05, 0) is 22.0 Å². The van der Waals surface area contributed by atoms with Crippen molar-refractivity contribution in [3.8, 4) is 5.88 Å². The molecule has 4 nitrogen and oxygen atoms in total. The molecule has 0 aliphatic heterocycles. The summed E-state index contributed by atoms with van der Waals surface area (Å²) >= 11 is 3.02. The molecule has 0 aromatic carbocycles. The first-order valence-corrected chi connectivity index (χ1v) is 3.85. The lowest BCUT2D eigenvalue weighted by Gasteiger charge is -2.04. The number of rotatable bonds is 2. The Morgan fingerprint density at radius 3 is 3.23 bits per heavy atom. The molecule has 0 aliphatic carbocycles. The van der Waals surface area contributed by atoms with Crippen LogP contribution in [-0.2, 0) is 4.74 Å². The number of nitrogens with zero attached hydrogens (tertiary/aromatic N) is 1. The highest BCUT2D eigenvalue weighted by atomic mass is 79.9. The zero-order valence-electron chi connectivity index (χ0n) is 12.2. The molecule has 1 aromatic heterocycles. The van der Waals surface area contributed by atoms with E-state index >= 15 is 0 Å². The third-order valence-corrected chi connectivity index (χ3v) is 1.66. The van der Waals surface area contributed by atoms with Crippen molar-refractivity contribution in [2.24, 2.45) is 0 Å². The number of halogens is 1. The quantitative estimate of drug-likeness (QED) is 0.751. The maximum Gasteiger partial charge on any atom is 0.343 e. The molecule has 0 bridgehead atoms. The summed E-state index contributed by atoms with van der Waals surface area (Å²) in [5, 5.41) is 0. The van der Waals surface area contributed by atoms with Crippen LogP contribution in [0, 0.1) is 0 Å². The summed E-state index contributed by atoms with van der Waals surface area (Å²) in [6, 6.07) is 1.15. The fourth-order valence-corrected chi connectivity index (χ4v) is 1.04. The van der Waals surface area contributed by atoms with E-state index in [-0.39, 0.29) is 0 Å². The van der Waals surface area contributed by atoms with E-state index in [2.05, 4.69) is 30.4 Å². The maximum absolute atomic E-state index is 11.6. The van der Waals surface area contributed by atoms with Gasteiger partial charge in [-0.3, -0.25) is 0 Å². The minimum absolute atomic E-state index is 0.336. The molecule has 0 saturated carbocycles. The van der Waals surface area contributed by atoms with Crippen LogP contribution in [0.5, 0.6) is 5.88 Å². The van der Waals surface area contributed by atoms with E-state index in [4.69, 9.17) is 8.22 Å². The van der Waals surface area contributed by atoms with Crippen molar-refractivity contribution in [1.82, 2.24) is 4.98 Å². The minimum Gasteiger partial charge on any atom is -0.480 e. The molecule has 0 aliphatic rings. The van der Waals surface area contributed by atoms with Gasteiger partial charge in [-0.15, -0.1) is 0 Å². The fourth-order valence-electron chi connectivity index (χ4n) is 0.709. The smallest absolute Gasteiger partial charge is 0.343 e. The number of hydrogen-bond donors (Lipinski definition) is 0. The molecule has 1 rings (SSSR count). The molecule has 0 amide bonds. The third-order valence-electron chi connectivity index (χ3n) is 1.23. The topological polar surface area (TPSA) is 48.4 Å². The average Bonchev–Trinajstić information content (AvgIpc) is 2.16. The Morgan fingerprint density at radius 1 is 1.69 bits per heavy atom. The van der Waals surface area contributed by atoms with Crippen LogP contribution in [0.3, 0.4) is 0 Å². The second-order valence-electron chi connectivity index (χ2n) is 2.00. The zero-order valence-corrected chi connectivity index (χ0v) is 7.79. The van der Waals surface area contributed by atoms with Gasteiger partial charge >= 0.3 is 5.97 Å². The van der Waals surface area contributed by atoms with E-state index < -0.39 is 31.5 Å². The van der Waals surface area contributed by atoms with Crippen LogP contribution in [0.4, 0.5) is 0 Å². The summed E-state index contributed by atoms with van der Waals surface area (Å²) in [4.78, 5) is 15.2. The number of methoxy groups -OCH3 is 2. The molecule has 0 atom stereocenters. The van der Waals surface area contributed by atoms with Gasteiger partial charge in [-0.25, -0.2) is 9.78 Å². The van der Waals surface area contributed by atoms with Crippen LogP contribution in [0.1, 0.15) is 18.6 Å². The van der Waals surface area contributed by atoms with Crippen LogP contribution in [-0.4, -0.2) is 25.0 Å². The Kier molecular flexibility index (Phi) is 1.43. The second kappa shape index (κ2) is 4.23. The Labute approximate surface area is 92.4 Å². The summed E-state index contributed by atoms with van der Waals surface area (Å²) in [5.41, 5.74) is -0.401. The largest absolute Gasteiger partial charge is 0.480 e. The number of ether oxygens (including phenoxy) is 2. The van der Waals surface area contributed by atoms with E-state index in [1.807, 2.05) is 0 Å². The number of hydrogen-bond acceptors (Lipinski definition) is 4. The molecule has 0 radical (unpaired) electrons. The highest BCUT2D eigenvalue weighted by Crippen LogP contribution is 2.20. The highest BCUT2D eigenvalue weighted by molar-refractivity contribution is 9.10. The Bertz CT molecular complexity index is 486. The van der Waals surface area contributed by atoms with E-state index in [9.17, 15) is 4.79 Å². The lowest BCUT2D eigenvalue weighted by Crippen LogP contribution is -2.05. The number of pyridine rings is 1. The van der Waals surface area contributed by atoms with Crippen LogP contribution in [0.2, 0.25) is 0 Å². The predicted octanol–water partition coefficient (Wildman–Crippen LogP) is 1.64. The van der Waals surface area contributed by atoms with Crippen molar-refractivity contribution in [2.45, 2.75) is 0 Å². The Hall–Kier alpha value is -1.10. The average molecular weight is 252 g/mol. The van der Waals surface area contributed by atoms with Gasteiger partial charge in [0, 0.05) is 10.7 Å². The van der Waals surface area contributed by atoms with Gasteiger partial charge in [-0.1, -0.05) is 0 Å². The molecule has 0 fully saturated rings. The van der Waals surface area contributed by atoms with Crippen LogP contribution in [0.25, 0.3) is 0 Å². The van der Waals surface area contributed by atoms with Gasteiger partial charge in [-0.2, -0.15) is 0 Å². The molecule has 13 heavy (non-hydrogen) atoms. The maximum atomic E-state index is 11.6. The van der Waals surface area contributed by atoms with E-state index in [0.29, 0.717) is 4.47 Å². The molecular formula is C8H8BrNO3. The predicted molar refractivity (Wildman–Crippen MR) is 49.8 cm³/mol. The zero-order chi connectivity index (χ0) is 14.8. The molecule has 1 heterocycles. The van der Waals surface area contributed by atoms with E-state index in [1.165, 1.54) is 6.20 Å². The molecular weight excluding hydrogens is 238 g/mol. The monoisotopic (exact) mass is 251 g/mol. The minimum atomic E-state index is -2.95. The van der Waals surface area contributed by atoms with Gasteiger partial charge in [0.15, 0.2) is 0 Å². The standard InChI is InChI=1S/C8H8BrNO3/c1-12-7-6(8(11)13-2)3-5(9)4-10-7/h3-4H,1-2H3/i1D3,2D3. The summed E-state index contributed by atoms with van der Waals surface area (Å²) < 4.78 is 50.3. The first kappa shape index (κ1) is 4.41. The summed E-state index contributed by atoms with van der Waals surface area (Å²) in [5.74, 6) is -1.79. The van der Waals surface area contributed by atoms with Crippen molar-refractivity contribution in [3.63, 3.8) is 0 Å². The van der Waals surface area contributed by atoms with Gasteiger partial charge in [0.2, 0.25) is 5.88 Å². The lowest BCUT2D eigenvalue weighted by atomic mass is 10.3. The van der Waals surface area contributed by atoms with Crippen molar-refractivity contribution >= 4 is 21.9 Å². The van der Waals surface area contributed by atoms with E-state index in [1.54, 1.807) is 0 Å². The van der Waals surface area contributed by atoms with E-state index in [0.717, 1.165) is 6.07 Å². The number of esters is 1. The summed E-state index contributed by atoms with van der Waals surface area (Å²) in [7, 11) is -5.77. The Morgan fingerprint density at radius 2 is 2.54 bits per heavy atom. The summed E-state index contributed by atoms with van der Waals surface area (Å²) in [6.45, 7) is 0. The normalized spacial score (nSPS) is 18.2. The SMILES string of the molecule is [2H]C([2H])([2H])OC(=O)c1cc(Br)cnc1OC([2H])([2H])[2H]. The first-order valence-electron chi connectivity index (χ1n) is 6.06. The van der Waals surface area contributed by atoms with Gasteiger partial charge in [0.1, 0.15) is 5.56 Å². The number of carbonyl (C=O) groups is 1. The molecule has 70 valence electrons. The van der Waals surface area contributed by atoms with Gasteiger partial charge in [0.25, 0.3) is 0 Å². The molecule has 1 aromatic rings. The second-order valence-corrected chi connectivity index (χ2v) is 2.91. The van der Waals surface area contributed by atoms with Crippen LogP contribution in [0.15, 0.2) is 16.7 Å². The molecule has 0 unspecified atom stereocenters.